The van der Waals surface area contributed by atoms with Crippen LogP contribution in [0.5, 0.6) is 11.5 Å². The highest BCUT2D eigenvalue weighted by Gasteiger charge is 2.10. The molecule has 0 aliphatic rings. The fraction of sp³-hybridized carbons (Fsp3) is 0.318. The van der Waals surface area contributed by atoms with E-state index >= 15 is 0 Å². The minimum Gasteiger partial charge on any atom is -0.497 e. The molecule has 172 valence electrons. The molecule has 1 aromatic heterocycles. The molecule has 0 bridgehead atoms. The van der Waals surface area contributed by atoms with Gasteiger partial charge in [0.05, 0.1) is 13.7 Å². The predicted molar refractivity (Wildman–Crippen MR) is 136 cm³/mol. The van der Waals surface area contributed by atoms with E-state index in [0.717, 1.165) is 23.0 Å². The van der Waals surface area contributed by atoms with Crippen LogP contribution in [0.2, 0.25) is 5.02 Å². The Morgan fingerprint density at radius 1 is 1.19 bits per heavy atom. The van der Waals surface area contributed by atoms with Crippen molar-refractivity contribution in [1.82, 2.24) is 20.4 Å². The molecular weight excluding hydrogens is 545 g/mol. The van der Waals surface area contributed by atoms with E-state index < -0.39 is 0 Å². The van der Waals surface area contributed by atoms with Gasteiger partial charge >= 0.3 is 0 Å². The van der Waals surface area contributed by atoms with Gasteiger partial charge < -0.3 is 24.2 Å². The molecule has 3 aromatic rings. The third kappa shape index (κ3) is 7.56. The van der Waals surface area contributed by atoms with Crippen LogP contribution in [0.1, 0.15) is 5.89 Å². The first kappa shape index (κ1) is 25.7. The number of guanidine groups is 1. The third-order valence-corrected chi connectivity index (χ3v) is 4.74. The number of methoxy groups -OCH3 is 1. The molecule has 1 heterocycles. The summed E-state index contributed by atoms with van der Waals surface area (Å²) in [4.78, 5) is 10.7. The molecule has 0 aliphatic carbocycles. The van der Waals surface area contributed by atoms with Crippen molar-refractivity contribution in [3.8, 4) is 22.9 Å². The Morgan fingerprint density at radius 3 is 2.62 bits per heavy atom. The molecule has 0 atom stereocenters. The molecule has 2 aromatic carbocycles. The quantitative estimate of drug-likeness (QED) is 0.235. The fourth-order valence-electron chi connectivity index (χ4n) is 2.85. The van der Waals surface area contributed by atoms with Crippen molar-refractivity contribution < 1.29 is 14.0 Å². The maximum absolute atomic E-state index is 6.02. The zero-order valence-electron chi connectivity index (χ0n) is 18.2. The van der Waals surface area contributed by atoms with Crippen molar-refractivity contribution >= 4 is 41.5 Å². The molecule has 0 spiro atoms. The number of aliphatic imine (C=N–C) groups is 1. The first-order chi connectivity index (χ1) is 15.1. The van der Waals surface area contributed by atoms with Crippen molar-refractivity contribution in [2.75, 3.05) is 40.9 Å². The average molecular weight is 572 g/mol. The molecule has 0 aliphatic heterocycles. The van der Waals surface area contributed by atoms with Crippen molar-refractivity contribution in [2.45, 2.75) is 6.42 Å². The molecule has 0 saturated heterocycles. The number of ether oxygens (including phenoxy) is 2. The third-order valence-electron chi connectivity index (χ3n) is 4.50. The van der Waals surface area contributed by atoms with Gasteiger partial charge in [0.2, 0.25) is 11.7 Å². The van der Waals surface area contributed by atoms with Crippen LogP contribution in [-0.2, 0) is 6.42 Å². The van der Waals surface area contributed by atoms with E-state index in [2.05, 4.69) is 20.4 Å². The summed E-state index contributed by atoms with van der Waals surface area (Å²) in [5, 5.41) is 7.95. The lowest BCUT2D eigenvalue weighted by molar-refractivity contribution is 0.281. The Hall–Kier alpha value is -2.53. The molecule has 32 heavy (non-hydrogen) atoms. The first-order valence-electron chi connectivity index (χ1n) is 9.86. The summed E-state index contributed by atoms with van der Waals surface area (Å²) in [6.07, 6.45) is 0.572. The Kier molecular flexibility index (Phi) is 10.5. The summed E-state index contributed by atoms with van der Waals surface area (Å²) in [7, 11) is 5.34. The van der Waals surface area contributed by atoms with Gasteiger partial charge in [0.25, 0.3) is 0 Å². The Balaban J connectivity index is 0.00000363. The number of halogens is 2. The summed E-state index contributed by atoms with van der Waals surface area (Å²) >= 11 is 6.02. The van der Waals surface area contributed by atoms with Crippen LogP contribution in [0, 0.1) is 0 Å². The number of nitrogens with one attached hydrogen (secondary N) is 1. The van der Waals surface area contributed by atoms with Crippen LogP contribution in [0.4, 0.5) is 0 Å². The average Bonchev–Trinajstić information content (AvgIpc) is 3.26. The molecule has 3 rings (SSSR count). The molecule has 0 amide bonds. The second kappa shape index (κ2) is 13.1. The van der Waals surface area contributed by atoms with E-state index in [0.29, 0.717) is 42.9 Å². The van der Waals surface area contributed by atoms with Gasteiger partial charge in [-0.25, -0.2) is 0 Å². The molecule has 0 radical (unpaired) electrons. The number of hydrogen-bond donors (Lipinski definition) is 1. The summed E-state index contributed by atoms with van der Waals surface area (Å²) in [5.74, 6) is 3.42. The van der Waals surface area contributed by atoms with Gasteiger partial charge in [-0.1, -0.05) is 28.9 Å². The summed E-state index contributed by atoms with van der Waals surface area (Å²) < 4.78 is 16.3. The summed E-state index contributed by atoms with van der Waals surface area (Å²) in [6, 6.07) is 14.9. The van der Waals surface area contributed by atoms with Crippen LogP contribution in [0.15, 0.2) is 58.0 Å². The van der Waals surface area contributed by atoms with Gasteiger partial charge in [0, 0.05) is 37.6 Å². The van der Waals surface area contributed by atoms with Crippen molar-refractivity contribution in [1.29, 1.82) is 0 Å². The van der Waals surface area contributed by atoms with Gasteiger partial charge in [-0.3, -0.25) is 4.99 Å². The predicted octanol–water partition coefficient (Wildman–Crippen LogP) is 4.15. The van der Waals surface area contributed by atoms with E-state index in [1.165, 1.54) is 0 Å². The van der Waals surface area contributed by atoms with Crippen LogP contribution >= 0.6 is 35.6 Å². The Morgan fingerprint density at radius 2 is 1.94 bits per heavy atom. The lowest BCUT2D eigenvalue weighted by Gasteiger charge is -2.22. The summed E-state index contributed by atoms with van der Waals surface area (Å²) in [5.41, 5.74) is 0.822. The van der Waals surface area contributed by atoms with Crippen molar-refractivity contribution in [3.63, 3.8) is 0 Å². The lowest BCUT2D eigenvalue weighted by atomic mass is 10.2. The van der Waals surface area contributed by atoms with E-state index in [1.54, 1.807) is 26.3 Å². The number of likely N-dealkylation sites (N-methyl/N-ethyl adjacent to an activating group) is 1. The normalized spacial score (nSPS) is 10.9. The first-order valence-corrected chi connectivity index (χ1v) is 10.2. The topological polar surface area (TPSA) is 85.0 Å². The fourth-order valence-corrected chi connectivity index (χ4v) is 3.04. The largest absolute Gasteiger partial charge is 0.497 e. The SMILES string of the molecule is CN=C(NCCc1nc(-c2cccc(Cl)c2)no1)N(C)CCOc1ccc(OC)cc1.I. The zero-order valence-corrected chi connectivity index (χ0v) is 21.3. The molecular formula is C22H27ClIN5O3. The maximum atomic E-state index is 6.02. The molecule has 0 unspecified atom stereocenters. The highest BCUT2D eigenvalue weighted by Crippen LogP contribution is 2.20. The van der Waals surface area contributed by atoms with E-state index in [1.807, 2.05) is 48.3 Å². The van der Waals surface area contributed by atoms with Crippen LogP contribution in [-0.4, -0.2) is 61.9 Å². The van der Waals surface area contributed by atoms with Crippen LogP contribution in [0.3, 0.4) is 0 Å². The highest BCUT2D eigenvalue weighted by atomic mass is 127. The molecule has 10 heteroatoms. The van der Waals surface area contributed by atoms with Crippen LogP contribution in [0.25, 0.3) is 11.4 Å². The molecule has 0 saturated carbocycles. The number of rotatable bonds is 9. The lowest BCUT2D eigenvalue weighted by Crippen LogP contribution is -2.41. The molecule has 0 fully saturated rings. The number of aromatic nitrogens is 2. The second-order valence-electron chi connectivity index (χ2n) is 6.69. The smallest absolute Gasteiger partial charge is 0.228 e. The van der Waals surface area contributed by atoms with Gasteiger partial charge in [-0.2, -0.15) is 4.98 Å². The maximum Gasteiger partial charge on any atom is 0.228 e. The van der Waals surface area contributed by atoms with Gasteiger partial charge in [0.15, 0.2) is 5.96 Å². The minimum absolute atomic E-state index is 0. The van der Waals surface area contributed by atoms with Crippen LogP contribution < -0.4 is 14.8 Å². The second-order valence-corrected chi connectivity index (χ2v) is 7.13. The van der Waals surface area contributed by atoms with Gasteiger partial charge in [0.1, 0.15) is 18.1 Å². The standard InChI is InChI=1S/C22H26ClN5O3.HI/c1-24-22(28(2)13-14-30-19-9-7-18(29-3)8-10-19)25-12-11-20-26-21(27-31-20)16-5-4-6-17(23)15-16;/h4-10,15H,11-14H2,1-3H3,(H,24,25);1H. The monoisotopic (exact) mass is 571 g/mol. The number of hydrogen-bond acceptors (Lipinski definition) is 6. The van der Waals surface area contributed by atoms with Crippen molar-refractivity contribution in [3.05, 3.63) is 59.4 Å². The van der Waals surface area contributed by atoms with E-state index in [9.17, 15) is 0 Å². The van der Waals surface area contributed by atoms with Gasteiger partial charge in [-0.05, 0) is 36.4 Å². The highest BCUT2D eigenvalue weighted by molar-refractivity contribution is 14.0. The Labute approximate surface area is 210 Å². The van der Waals surface area contributed by atoms with E-state index in [4.69, 9.17) is 25.6 Å². The molecule has 8 nitrogen and oxygen atoms in total. The number of benzene rings is 2. The van der Waals surface area contributed by atoms with E-state index in [-0.39, 0.29) is 24.0 Å². The Bertz CT molecular complexity index is 997. The molecule has 1 N–H and O–H groups in total. The minimum atomic E-state index is 0. The number of nitrogens with zero attached hydrogens (tertiary/aromatic N) is 4. The van der Waals surface area contributed by atoms with Gasteiger partial charge in [-0.15, -0.1) is 24.0 Å². The zero-order chi connectivity index (χ0) is 22.1. The van der Waals surface area contributed by atoms with Crippen molar-refractivity contribution in [2.24, 2.45) is 4.99 Å². The summed E-state index contributed by atoms with van der Waals surface area (Å²) in [6.45, 7) is 1.80.